The van der Waals surface area contributed by atoms with Crippen LogP contribution in [0.2, 0.25) is 0 Å². The molecule has 0 radical (unpaired) electrons. The highest BCUT2D eigenvalue weighted by Gasteiger charge is 2.23. The Kier molecular flexibility index (Phi) is 5.13. The summed E-state index contributed by atoms with van der Waals surface area (Å²) in [6, 6.07) is 5.73. The van der Waals surface area contributed by atoms with Gasteiger partial charge >= 0.3 is 0 Å². The molecule has 0 spiro atoms. The predicted octanol–water partition coefficient (Wildman–Crippen LogP) is 4.28. The van der Waals surface area contributed by atoms with Crippen molar-refractivity contribution in [2.45, 2.75) is 26.1 Å². The fraction of sp³-hybridized carbons (Fsp3) is 0.571. The highest BCUT2D eigenvalue weighted by molar-refractivity contribution is 6.21. The summed E-state index contributed by atoms with van der Waals surface area (Å²) >= 11 is 6.53. The Morgan fingerprint density at radius 1 is 1.06 bits per heavy atom. The van der Waals surface area contributed by atoms with E-state index in [-0.39, 0.29) is 5.38 Å². The predicted molar refractivity (Wildman–Crippen MR) is 72.1 cm³/mol. The van der Waals surface area contributed by atoms with E-state index in [9.17, 15) is 0 Å². The van der Waals surface area contributed by atoms with Crippen LogP contribution in [0.1, 0.15) is 31.7 Å². The molecule has 0 aliphatic carbocycles. The van der Waals surface area contributed by atoms with Crippen molar-refractivity contribution in [1.29, 1.82) is 0 Å². The van der Waals surface area contributed by atoms with Crippen molar-refractivity contribution in [1.82, 2.24) is 0 Å². The lowest BCUT2D eigenvalue weighted by molar-refractivity contribution is 0.374. The van der Waals surface area contributed by atoms with Crippen LogP contribution in [0, 0.1) is 11.8 Å². The van der Waals surface area contributed by atoms with Crippen LogP contribution in [-0.2, 0) is 0 Å². The number of alkyl halides is 1. The summed E-state index contributed by atoms with van der Waals surface area (Å²) in [6.45, 7) is 6.50. The molecule has 0 saturated carbocycles. The van der Waals surface area contributed by atoms with Crippen molar-refractivity contribution in [3.05, 3.63) is 23.8 Å². The maximum Gasteiger partial charge on any atom is 0.123 e. The average Bonchev–Trinajstić information content (AvgIpc) is 2.35. The third kappa shape index (κ3) is 3.29. The molecule has 0 heterocycles. The lowest BCUT2D eigenvalue weighted by Gasteiger charge is -2.23. The molecule has 0 N–H and O–H groups in total. The molecule has 0 bridgehead atoms. The number of hydrogen-bond acceptors (Lipinski definition) is 2. The number of hydrogen-bond donors (Lipinski definition) is 0. The maximum atomic E-state index is 6.53. The summed E-state index contributed by atoms with van der Waals surface area (Å²) in [4.78, 5) is 0. The van der Waals surface area contributed by atoms with E-state index in [0.29, 0.717) is 11.8 Å². The van der Waals surface area contributed by atoms with E-state index in [0.717, 1.165) is 17.1 Å². The van der Waals surface area contributed by atoms with Gasteiger partial charge in [-0.25, -0.2) is 0 Å². The first-order chi connectivity index (χ1) is 8.01. The van der Waals surface area contributed by atoms with E-state index in [1.54, 1.807) is 14.2 Å². The normalized spacial score (nSPS) is 14.5. The van der Waals surface area contributed by atoms with Crippen LogP contribution in [-0.4, -0.2) is 14.2 Å². The van der Waals surface area contributed by atoms with E-state index < -0.39 is 0 Å². The highest BCUT2D eigenvalue weighted by atomic mass is 35.5. The highest BCUT2D eigenvalue weighted by Crippen LogP contribution is 2.39. The van der Waals surface area contributed by atoms with Gasteiger partial charge in [-0.2, -0.15) is 0 Å². The molecular formula is C14H21ClO2. The molecule has 2 unspecified atom stereocenters. The Hall–Kier alpha value is -0.890. The van der Waals surface area contributed by atoms with Crippen LogP contribution < -0.4 is 9.47 Å². The van der Waals surface area contributed by atoms with Gasteiger partial charge in [0.1, 0.15) is 11.5 Å². The lowest BCUT2D eigenvalue weighted by Crippen LogP contribution is -2.11. The third-order valence-electron chi connectivity index (χ3n) is 3.25. The van der Waals surface area contributed by atoms with Gasteiger partial charge in [-0.3, -0.25) is 0 Å². The monoisotopic (exact) mass is 256 g/mol. The summed E-state index contributed by atoms with van der Waals surface area (Å²) < 4.78 is 10.6. The summed E-state index contributed by atoms with van der Waals surface area (Å²) in [5.74, 6) is 2.52. The minimum Gasteiger partial charge on any atom is -0.497 e. The minimum absolute atomic E-state index is 0.0694. The Labute approximate surface area is 109 Å². The molecule has 0 aromatic heterocycles. The number of benzene rings is 1. The first-order valence-electron chi connectivity index (χ1n) is 5.87. The van der Waals surface area contributed by atoms with Crippen LogP contribution in [0.3, 0.4) is 0 Å². The SMILES string of the molecule is COc1ccc(OC)c(C(Cl)C(C)C(C)C)c1. The zero-order chi connectivity index (χ0) is 13.0. The first-order valence-corrected chi connectivity index (χ1v) is 6.30. The number of ether oxygens (including phenoxy) is 2. The molecule has 3 heteroatoms. The second-order valence-corrected chi connectivity index (χ2v) is 5.08. The van der Waals surface area contributed by atoms with Crippen LogP contribution in [0.25, 0.3) is 0 Å². The van der Waals surface area contributed by atoms with Gasteiger partial charge in [-0.1, -0.05) is 20.8 Å². The molecule has 2 atom stereocenters. The Bertz CT molecular complexity index is 363. The molecule has 0 amide bonds. The van der Waals surface area contributed by atoms with Crippen LogP contribution in [0.4, 0.5) is 0 Å². The largest absolute Gasteiger partial charge is 0.497 e. The van der Waals surface area contributed by atoms with Gasteiger partial charge in [0.25, 0.3) is 0 Å². The molecule has 96 valence electrons. The summed E-state index contributed by atoms with van der Waals surface area (Å²) in [5.41, 5.74) is 0.995. The average molecular weight is 257 g/mol. The molecule has 0 fully saturated rings. The molecule has 1 rings (SSSR count). The van der Waals surface area contributed by atoms with Crippen molar-refractivity contribution >= 4 is 11.6 Å². The van der Waals surface area contributed by atoms with Gasteiger partial charge in [-0.15, -0.1) is 11.6 Å². The van der Waals surface area contributed by atoms with Gasteiger partial charge in [0.15, 0.2) is 0 Å². The number of methoxy groups -OCH3 is 2. The molecule has 0 saturated heterocycles. The van der Waals surface area contributed by atoms with Crippen molar-refractivity contribution in [3.8, 4) is 11.5 Å². The van der Waals surface area contributed by atoms with E-state index >= 15 is 0 Å². The van der Waals surface area contributed by atoms with Gasteiger partial charge in [-0.05, 0) is 30.0 Å². The van der Waals surface area contributed by atoms with Crippen LogP contribution in [0.5, 0.6) is 11.5 Å². The first kappa shape index (κ1) is 14.2. The fourth-order valence-corrected chi connectivity index (χ4v) is 2.14. The molecule has 0 aliphatic rings. The number of rotatable bonds is 5. The third-order valence-corrected chi connectivity index (χ3v) is 3.88. The summed E-state index contributed by atoms with van der Waals surface area (Å²) in [6.07, 6.45) is 0. The van der Waals surface area contributed by atoms with Crippen molar-refractivity contribution < 1.29 is 9.47 Å². The zero-order valence-electron chi connectivity index (χ0n) is 11.2. The molecule has 17 heavy (non-hydrogen) atoms. The molecule has 1 aromatic carbocycles. The topological polar surface area (TPSA) is 18.5 Å². The Balaban J connectivity index is 3.09. The lowest BCUT2D eigenvalue weighted by atomic mass is 9.90. The standard InChI is InChI=1S/C14H21ClO2/c1-9(2)10(3)14(15)12-8-11(16-4)6-7-13(12)17-5/h6-10,14H,1-5H3. The maximum absolute atomic E-state index is 6.53. The van der Waals surface area contributed by atoms with Crippen molar-refractivity contribution in [3.63, 3.8) is 0 Å². The van der Waals surface area contributed by atoms with Crippen LogP contribution >= 0.6 is 11.6 Å². The molecule has 0 aliphatic heterocycles. The van der Waals surface area contributed by atoms with Gasteiger partial charge in [0.05, 0.1) is 19.6 Å². The van der Waals surface area contributed by atoms with Crippen LogP contribution in [0.15, 0.2) is 18.2 Å². The summed E-state index contributed by atoms with van der Waals surface area (Å²) in [7, 11) is 3.32. The van der Waals surface area contributed by atoms with Crippen molar-refractivity contribution in [2.24, 2.45) is 11.8 Å². The van der Waals surface area contributed by atoms with Gasteiger partial charge in [0, 0.05) is 5.56 Å². The molecule has 1 aromatic rings. The zero-order valence-corrected chi connectivity index (χ0v) is 11.9. The Morgan fingerprint density at radius 2 is 1.71 bits per heavy atom. The van der Waals surface area contributed by atoms with E-state index in [1.807, 2.05) is 18.2 Å². The van der Waals surface area contributed by atoms with Gasteiger partial charge < -0.3 is 9.47 Å². The van der Waals surface area contributed by atoms with E-state index in [4.69, 9.17) is 21.1 Å². The summed E-state index contributed by atoms with van der Waals surface area (Å²) in [5, 5.41) is -0.0694. The van der Waals surface area contributed by atoms with Crippen molar-refractivity contribution in [2.75, 3.05) is 14.2 Å². The second kappa shape index (κ2) is 6.15. The van der Waals surface area contributed by atoms with Gasteiger partial charge in [0.2, 0.25) is 0 Å². The molecule has 2 nitrogen and oxygen atoms in total. The molecular weight excluding hydrogens is 236 g/mol. The van der Waals surface area contributed by atoms with E-state index in [2.05, 4.69) is 20.8 Å². The number of halogens is 1. The smallest absolute Gasteiger partial charge is 0.123 e. The Morgan fingerprint density at radius 3 is 2.18 bits per heavy atom. The second-order valence-electron chi connectivity index (χ2n) is 4.61. The fourth-order valence-electron chi connectivity index (χ4n) is 1.68. The minimum atomic E-state index is -0.0694. The quantitative estimate of drug-likeness (QED) is 0.733. The van der Waals surface area contributed by atoms with E-state index in [1.165, 1.54) is 0 Å².